The van der Waals surface area contributed by atoms with Crippen LogP contribution in [0, 0.1) is 0 Å². The van der Waals surface area contributed by atoms with E-state index in [9.17, 15) is 0 Å². The van der Waals surface area contributed by atoms with Crippen LogP contribution in [0.15, 0.2) is 194 Å². The molecule has 0 bridgehead atoms. The maximum Gasteiger partial charge on any atom is -0.000719 e. The molecular formula is C58H32. The zero-order chi connectivity index (χ0) is 37.6. The molecule has 0 amide bonds. The predicted octanol–water partition coefficient (Wildman–Crippen LogP) is 16.5. The Hall–Kier alpha value is -7.54. The monoisotopic (exact) mass is 728 g/mol. The summed E-state index contributed by atoms with van der Waals surface area (Å²) in [5.41, 5.74) is 7.61. The molecule has 0 radical (unpaired) electrons. The van der Waals surface area contributed by atoms with Crippen LogP contribution >= 0.6 is 0 Å². The molecule has 0 saturated carbocycles. The van der Waals surface area contributed by atoms with Gasteiger partial charge in [0, 0.05) is 0 Å². The van der Waals surface area contributed by atoms with E-state index in [-0.39, 0.29) is 0 Å². The number of hydrogen-bond acceptors (Lipinski definition) is 0. The van der Waals surface area contributed by atoms with Gasteiger partial charge < -0.3 is 0 Å². The van der Waals surface area contributed by atoms with Crippen molar-refractivity contribution >= 4 is 108 Å². The highest BCUT2D eigenvalue weighted by molar-refractivity contribution is 6.46. The molecule has 0 heterocycles. The lowest BCUT2D eigenvalue weighted by Gasteiger charge is -2.17. The van der Waals surface area contributed by atoms with Crippen molar-refractivity contribution in [3.05, 3.63) is 194 Å². The van der Waals surface area contributed by atoms with E-state index in [0.29, 0.717) is 0 Å². The summed E-state index contributed by atoms with van der Waals surface area (Å²) in [5, 5.41) is 26.5. The molecule has 0 unspecified atom stereocenters. The van der Waals surface area contributed by atoms with Gasteiger partial charge in [-0.3, -0.25) is 0 Å². The van der Waals surface area contributed by atoms with Crippen LogP contribution in [-0.4, -0.2) is 0 Å². The van der Waals surface area contributed by atoms with Gasteiger partial charge in [-0.25, -0.2) is 0 Å². The Morgan fingerprint density at radius 1 is 0.172 bits per heavy atom. The van der Waals surface area contributed by atoms with E-state index >= 15 is 0 Å². The summed E-state index contributed by atoms with van der Waals surface area (Å²) in [5.74, 6) is 0. The minimum atomic E-state index is 1.24. The Balaban J connectivity index is 1.26. The van der Waals surface area contributed by atoms with E-state index in [1.54, 1.807) is 0 Å². The fraction of sp³-hybridized carbons (Fsp3) is 0. The normalized spacial score (nSPS) is 12.5. The van der Waals surface area contributed by atoms with E-state index in [4.69, 9.17) is 0 Å². The third kappa shape index (κ3) is 3.89. The lowest BCUT2D eigenvalue weighted by molar-refractivity contribution is 1.66. The van der Waals surface area contributed by atoms with Gasteiger partial charge in [0.25, 0.3) is 0 Å². The number of benzene rings is 12. The molecule has 0 N–H and O–H groups in total. The smallest absolute Gasteiger partial charge is 0.000719 e. The van der Waals surface area contributed by atoms with Crippen LogP contribution in [0.1, 0.15) is 0 Å². The van der Waals surface area contributed by atoms with E-state index in [0.717, 1.165) is 0 Å². The van der Waals surface area contributed by atoms with Crippen LogP contribution in [0.4, 0.5) is 0 Å². The highest BCUT2D eigenvalue weighted by Gasteiger charge is 2.27. The number of fused-ring (bicyclic) bond motifs is 9. The first-order valence-electron chi connectivity index (χ1n) is 20.3. The zero-order valence-corrected chi connectivity index (χ0v) is 31.5. The van der Waals surface area contributed by atoms with Crippen LogP contribution in [0.2, 0.25) is 0 Å². The first-order chi connectivity index (χ1) is 28.8. The van der Waals surface area contributed by atoms with Crippen LogP contribution < -0.4 is 0 Å². The summed E-state index contributed by atoms with van der Waals surface area (Å²) in [6.45, 7) is 0. The summed E-state index contributed by atoms with van der Waals surface area (Å²) in [4.78, 5) is 0. The van der Waals surface area contributed by atoms with Gasteiger partial charge in [0.05, 0.1) is 0 Å². The first-order valence-corrected chi connectivity index (χ1v) is 20.3. The van der Waals surface area contributed by atoms with Crippen molar-refractivity contribution in [2.24, 2.45) is 0 Å². The molecular weight excluding hydrogens is 697 g/mol. The van der Waals surface area contributed by atoms with Gasteiger partial charge in [-0.2, -0.15) is 0 Å². The second-order valence-electron chi connectivity index (χ2n) is 16.3. The summed E-state index contributed by atoms with van der Waals surface area (Å²) < 4.78 is 0. The van der Waals surface area contributed by atoms with Gasteiger partial charge >= 0.3 is 0 Å². The lowest BCUT2D eigenvalue weighted by Crippen LogP contribution is -1.90. The topological polar surface area (TPSA) is 0 Å². The molecule has 58 heavy (non-hydrogen) atoms. The van der Waals surface area contributed by atoms with Crippen molar-refractivity contribution in [3.63, 3.8) is 0 Å². The van der Waals surface area contributed by atoms with Gasteiger partial charge in [0.2, 0.25) is 0 Å². The molecule has 0 nitrogen and oxygen atoms in total. The molecule has 0 atom stereocenters. The zero-order valence-electron chi connectivity index (χ0n) is 31.5. The molecule has 0 aliphatic heterocycles. The molecule has 0 spiro atoms. The van der Waals surface area contributed by atoms with Crippen molar-refractivity contribution in [3.8, 4) is 33.4 Å². The Bertz CT molecular complexity index is 3970. The summed E-state index contributed by atoms with van der Waals surface area (Å²) >= 11 is 0. The van der Waals surface area contributed by atoms with Crippen molar-refractivity contribution in [2.45, 2.75) is 0 Å². The maximum atomic E-state index is 2.55. The summed E-state index contributed by atoms with van der Waals surface area (Å²) in [7, 11) is 0. The Labute approximate surface area is 333 Å². The molecule has 14 aromatic rings. The van der Waals surface area contributed by atoms with Crippen LogP contribution in [0.3, 0.4) is 0 Å². The van der Waals surface area contributed by atoms with Crippen LogP contribution in [0.5, 0.6) is 0 Å². The number of rotatable bonds is 3. The standard InChI is InChI=1S/C58H32/c1-4-13-33(14-5-1)39-27-38-24-23-36-25-26-44-56-50(30-40(28-39)51(38)54(36)56)58-53(35-17-8-3-9-18-35)48-31-45-43-22-12-21-42-41-20-11-10-19-37(41)29-47(55(42)43)46(45)32-49(48)52(57(44)58)34-15-6-2-7-16-34/h1-32H. The average molecular weight is 729 g/mol. The van der Waals surface area contributed by atoms with Gasteiger partial charge in [0.1, 0.15) is 0 Å². The van der Waals surface area contributed by atoms with Gasteiger partial charge in [-0.05, 0) is 178 Å². The Morgan fingerprint density at radius 2 is 0.707 bits per heavy atom. The highest BCUT2D eigenvalue weighted by atomic mass is 14.3. The van der Waals surface area contributed by atoms with E-state index in [1.165, 1.54) is 141 Å². The molecule has 0 saturated heterocycles. The van der Waals surface area contributed by atoms with Crippen LogP contribution in [-0.2, 0) is 0 Å². The summed E-state index contributed by atoms with van der Waals surface area (Å²) in [6.07, 6.45) is 0. The molecule has 14 aromatic carbocycles. The van der Waals surface area contributed by atoms with Crippen molar-refractivity contribution < 1.29 is 0 Å². The van der Waals surface area contributed by atoms with E-state index in [1.807, 2.05) is 0 Å². The van der Waals surface area contributed by atoms with Gasteiger partial charge in [-0.15, -0.1) is 0 Å². The lowest BCUT2D eigenvalue weighted by atomic mass is 9.85. The molecule has 0 aromatic heterocycles. The quantitative estimate of drug-likeness (QED) is 0.159. The molecule has 0 aliphatic carbocycles. The summed E-state index contributed by atoms with van der Waals surface area (Å²) in [6, 6.07) is 73.2. The SMILES string of the molecule is c1ccc(-c2cc3ccc4ccc5c6c(-c7ccccc7)c7cc8c(cc7c(-c7ccccc7)c6c6cc(c2)c3c4c56)c2cccc3c4ccccc4cc8c32)cc1. The first kappa shape index (κ1) is 30.7. The third-order valence-electron chi connectivity index (χ3n) is 13.4. The fourth-order valence-electron chi connectivity index (χ4n) is 11.1. The molecule has 0 fully saturated rings. The van der Waals surface area contributed by atoms with Crippen molar-refractivity contribution in [1.29, 1.82) is 0 Å². The van der Waals surface area contributed by atoms with Crippen molar-refractivity contribution in [1.82, 2.24) is 0 Å². The van der Waals surface area contributed by atoms with E-state index < -0.39 is 0 Å². The maximum absolute atomic E-state index is 2.55. The number of hydrogen-bond donors (Lipinski definition) is 0. The van der Waals surface area contributed by atoms with Gasteiger partial charge in [0.15, 0.2) is 0 Å². The molecule has 0 heteroatoms. The Kier molecular flexibility index (Phi) is 5.85. The average Bonchev–Trinajstić information content (AvgIpc) is 3.78. The molecule has 264 valence electrons. The third-order valence-corrected chi connectivity index (χ3v) is 13.4. The fourth-order valence-corrected chi connectivity index (χ4v) is 11.1. The second kappa shape index (κ2) is 11.1. The predicted molar refractivity (Wildman–Crippen MR) is 251 cm³/mol. The van der Waals surface area contributed by atoms with E-state index in [2.05, 4.69) is 194 Å². The van der Waals surface area contributed by atoms with Crippen LogP contribution in [0.25, 0.3) is 141 Å². The minimum Gasteiger partial charge on any atom is -0.0622 e. The molecule has 14 rings (SSSR count). The minimum absolute atomic E-state index is 1.24. The molecule has 0 aliphatic rings. The highest BCUT2D eigenvalue weighted by Crippen LogP contribution is 2.55. The Morgan fingerprint density at radius 3 is 1.43 bits per heavy atom. The second-order valence-corrected chi connectivity index (χ2v) is 16.3. The largest absolute Gasteiger partial charge is 0.0622 e. The van der Waals surface area contributed by atoms with Crippen molar-refractivity contribution in [2.75, 3.05) is 0 Å². The van der Waals surface area contributed by atoms with Gasteiger partial charge in [-0.1, -0.05) is 158 Å².